The third-order valence-corrected chi connectivity index (χ3v) is 13.1. The molecule has 2 aromatic carbocycles. The van der Waals surface area contributed by atoms with E-state index in [4.69, 9.17) is 24.2 Å². The second-order valence-electron chi connectivity index (χ2n) is 16.7. The molecule has 4 aromatic rings. The summed E-state index contributed by atoms with van der Waals surface area (Å²) in [5.74, 6) is 0.671. The number of carboxylic acid groups (broad SMARTS) is 2. The Labute approximate surface area is 352 Å². The fourth-order valence-corrected chi connectivity index (χ4v) is 9.98. The van der Waals surface area contributed by atoms with E-state index in [1.807, 2.05) is 0 Å². The van der Waals surface area contributed by atoms with E-state index in [2.05, 4.69) is 57.0 Å². The molecule has 4 fully saturated rings. The summed E-state index contributed by atoms with van der Waals surface area (Å²) in [7, 11) is 0. The van der Waals surface area contributed by atoms with Crippen molar-refractivity contribution in [2.45, 2.75) is 88.7 Å². The second-order valence-corrected chi connectivity index (χ2v) is 16.7. The van der Waals surface area contributed by atoms with Gasteiger partial charge in [0.05, 0.1) is 49.1 Å². The number of carbonyl (C=O) groups excluding carboxylic acids is 2. The van der Waals surface area contributed by atoms with Crippen LogP contribution in [0.3, 0.4) is 0 Å². The van der Waals surface area contributed by atoms with Crippen LogP contribution in [0.5, 0.6) is 0 Å². The van der Waals surface area contributed by atoms with Crippen LogP contribution in [0.15, 0.2) is 48.8 Å². The SMILES string of the molecule is O=C(O)N[C@H](C(=O)N1CCC[C@H]1c1ncc(-c2ccc3c(c2)COCc2cc(-c4cnc([C@@H]5CCCN5C(=O)[C@@H](NC(=O)O)C5CCOCC5)[nH]4)ccc2-3)[nH]1)C1CCOCC1. The Morgan fingerprint density at radius 1 is 0.623 bits per heavy atom. The van der Waals surface area contributed by atoms with Crippen molar-refractivity contribution >= 4 is 24.0 Å². The summed E-state index contributed by atoms with van der Waals surface area (Å²) < 4.78 is 17.2. The van der Waals surface area contributed by atoms with Crippen molar-refractivity contribution in [3.8, 4) is 33.6 Å². The molecule has 9 rings (SSSR count). The van der Waals surface area contributed by atoms with Crippen LogP contribution >= 0.6 is 0 Å². The second kappa shape index (κ2) is 17.7. The van der Waals surface area contributed by atoms with Gasteiger partial charge in [-0.15, -0.1) is 0 Å². The number of rotatable bonds is 10. The lowest BCUT2D eigenvalue weighted by Gasteiger charge is -2.33. The largest absolute Gasteiger partial charge is 0.465 e. The number of aromatic amines is 2. The number of nitrogens with zero attached hydrogens (tertiary/aromatic N) is 4. The van der Waals surface area contributed by atoms with Gasteiger partial charge in [-0.25, -0.2) is 19.6 Å². The summed E-state index contributed by atoms with van der Waals surface area (Å²) in [5.41, 5.74) is 7.71. The Balaban J connectivity index is 0.902. The molecule has 0 bridgehead atoms. The minimum Gasteiger partial charge on any atom is -0.465 e. The highest BCUT2D eigenvalue weighted by Crippen LogP contribution is 2.39. The third-order valence-electron chi connectivity index (χ3n) is 13.1. The molecular formula is C44H52N8O9. The zero-order valence-corrected chi connectivity index (χ0v) is 33.9. The van der Waals surface area contributed by atoms with Crippen molar-refractivity contribution in [1.29, 1.82) is 0 Å². The molecule has 0 unspecified atom stereocenters. The Morgan fingerprint density at radius 3 is 1.46 bits per heavy atom. The number of hydrogen-bond acceptors (Lipinski definition) is 9. The summed E-state index contributed by atoms with van der Waals surface area (Å²) in [4.78, 5) is 71.2. The van der Waals surface area contributed by atoms with Crippen LogP contribution in [0, 0.1) is 11.8 Å². The molecule has 0 saturated carbocycles. The highest BCUT2D eigenvalue weighted by atomic mass is 16.5. The van der Waals surface area contributed by atoms with Gasteiger partial charge in [-0.1, -0.05) is 24.3 Å². The Bertz CT molecular complexity index is 2110. The van der Waals surface area contributed by atoms with E-state index in [1.54, 1.807) is 22.2 Å². The number of likely N-dealkylation sites (tertiary alicyclic amines) is 2. The number of aromatic nitrogens is 4. The minimum absolute atomic E-state index is 0.123. The first-order valence-electron chi connectivity index (χ1n) is 21.4. The molecule has 6 N–H and O–H groups in total. The number of benzene rings is 2. The van der Waals surface area contributed by atoms with E-state index in [1.165, 1.54) is 0 Å². The standard InChI is InChI=1S/C44H52N8O9/c53-41(37(49-43(55)56)25-9-15-59-16-10-25)51-13-1-3-35(51)39-45-21-33(47-39)27-5-7-31-29(19-27)23-61-24-30-20-28(6-8-32(30)31)34-22-46-40(48-34)36-4-2-14-52(36)42(54)38(50-44(57)58)26-11-17-60-18-12-26/h5-8,19-22,25-26,35-38,49-50H,1-4,9-18,23-24H2,(H,45,47)(H,46,48)(H,55,56)(H,57,58)/t35-,36-,37-,38-/m0/s1. The maximum atomic E-state index is 13.9. The predicted molar refractivity (Wildman–Crippen MR) is 220 cm³/mol. The number of ether oxygens (including phenoxy) is 3. The monoisotopic (exact) mass is 836 g/mol. The Kier molecular flexibility index (Phi) is 11.8. The van der Waals surface area contributed by atoms with Gasteiger partial charge in [-0.2, -0.15) is 0 Å². The van der Waals surface area contributed by atoms with E-state index in [0.717, 1.165) is 70.5 Å². The van der Waals surface area contributed by atoms with Crippen LogP contribution in [-0.2, 0) is 37.0 Å². The molecule has 61 heavy (non-hydrogen) atoms. The van der Waals surface area contributed by atoms with Crippen LogP contribution in [-0.4, -0.2) is 116 Å². The first-order valence-corrected chi connectivity index (χ1v) is 21.4. The molecule has 0 spiro atoms. The lowest BCUT2D eigenvalue weighted by Crippen LogP contribution is -2.52. The van der Waals surface area contributed by atoms with Crippen LogP contribution in [0.25, 0.3) is 33.6 Å². The third kappa shape index (κ3) is 8.46. The molecule has 4 atom stereocenters. The summed E-state index contributed by atoms with van der Waals surface area (Å²) in [6.45, 7) is 3.92. The smallest absolute Gasteiger partial charge is 0.405 e. The van der Waals surface area contributed by atoms with Gasteiger partial charge in [0.2, 0.25) is 11.8 Å². The molecule has 2 aromatic heterocycles. The van der Waals surface area contributed by atoms with Gasteiger partial charge >= 0.3 is 12.2 Å². The van der Waals surface area contributed by atoms with Crippen LogP contribution in [0.1, 0.15) is 86.2 Å². The molecule has 17 nitrogen and oxygen atoms in total. The maximum absolute atomic E-state index is 13.9. The van der Waals surface area contributed by atoms with Gasteiger partial charge < -0.3 is 54.8 Å². The van der Waals surface area contributed by atoms with Crippen LogP contribution < -0.4 is 10.6 Å². The maximum Gasteiger partial charge on any atom is 0.405 e. The molecule has 0 aliphatic carbocycles. The first kappa shape index (κ1) is 40.6. The van der Waals surface area contributed by atoms with E-state index in [0.29, 0.717) is 90.1 Å². The first-order chi connectivity index (χ1) is 29.7. The summed E-state index contributed by atoms with van der Waals surface area (Å²) in [6.07, 6.45) is 6.70. The molecule has 4 amide bonds. The summed E-state index contributed by atoms with van der Waals surface area (Å²) >= 11 is 0. The van der Waals surface area contributed by atoms with E-state index >= 15 is 0 Å². The van der Waals surface area contributed by atoms with Gasteiger partial charge in [-0.3, -0.25) is 9.59 Å². The Morgan fingerprint density at radius 2 is 1.05 bits per heavy atom. The van der Waals surface area contributed by atoms with E-state index < -0.39 is 24.3 Å². The minimum atomic E-state index is -1.21. The van der Waals surface area contributed by atoms with Gasteiger partial charge in [0, 0.05) is 39.5 Å². The average molecular weight is 837 g/mol. The van der Waals surface area contributed by atoms with E-state index in [9.17, 15) is 29.4 Å². The normalized spacial score (nSPS) is 21.9. The molecule has 322 valence electrons. The van der Waals surface area contributed by atoms with Crippen molar-refractivity contribution in [3.63, 3.8) is 0 Å². The van der Waals surface area contributed by atoms with Crippen LogP contribution in [0.2, 0.25) is 0 Å². The lowest BCUT2D eigenvalue weighted by atomic mass is 9.90. The van der Waals surface area contributed by atoms with Crippen molar-refractivity contribution in [2.75, 3.05) is 39.5 Å². The van der Waals surface area contributed by atoms with Crippen molar-refractivity contribution < 1.29 is 43.6 Å². The van der Waals surface area contributed by atoms with Crippen LogP contribution in [0.4, 0.5) is 9.59 Å². The number of amides is 4. The summed E-state index contributed by atoms with van der Waals surface area (Å²) in [6, 6.07) is 10.3. The van der Waals surface area contributed by atoms with E-state index in [-0.39, 0.29) is 35.7 Å². The van der Waals surface area contributed by atoms with Crippen molar-refractivity contribution in [1.82, 2.24) is 40.4 Å². The van der Waals surface area contributed by atoms with Gasteiger partial charge in [0.1, 0.15) is 23.7 Å². The Hall–Kier alpha value is -5.78. The number of fused-ring (bicyclic) bond motifs is 3. The number of nitrogens with one attached hydrogen (secondary N) is 4. The van der Waals surface area contributed by atoms with Gasteiger partial charge in [0.15, 0.2) is 0 Å². The fourth-order valence-electron chi connectivity index (χ4n) is 9.98. The zero-order chi connectivity index (χ0) is 42.0. The van der Waals surface area contributed by atoms with Crippen molar-refractivity contribution in [3.05, 3.63) is 71.6 Å². The van der Waals surface area contributed by atoms with Gasteiger partial charge in [-0.05, 0) is 109 Å². The van der Waals surface area contributed by atoms with Gasteiger partial charge in [0.25, 0.3) is 0 Å². The number of H-pyrrole nitrogens is 2. The molecule has 5 aliphatic heterocycles. The highest BCUT2D eigenvalue weighted by Gasteiger charge is 2.41. The number of imidazole rings is 2. The molecule has 7 heterocycles. The molecule has 5 aliphatic rings. The average Bonchev–Trinajstić information content (AvgIpc) is 4.11. The molecule has 17 heteroatoms. The van der Waals surface area contributed by atoms with Crippen molar-refractivity contribution in [2.24, 2.45) is 11.8 Å². The lowest BCUT2D eigenvalue weighted by molar-refractivity contribution is -0.137. The molecular weight excluding hydrogens is 785 g/mol. The highest BCUT2D eigenvalue weighted by molar-refractivity contribution is 5.87. The summed E-state index contributed by atoms with van der Waals surface area (Å²) in [5, 5.41) is 24.2. The quantitative estimate of drug-likeness (QED) is 0.115. The number of hydrogen-bond donors (Lipinski definition) is 6. The predicted octanol–water partition coefficient (Wildman–Crippen LogP) is 5.62. The number of carbonyl (C=O) groups is 4. The molecule has 4 saturated heterocycles. The topological polar surface area (TPSA) is 224 Å². The fraction of sp³-hybridized carbons (Fsp3) is 0.500. The zero-order valence-electron chi connectivity index (χ0n) is 33.9. The molecule has 0 radical (unpaired) electrons.